The monoisotopic (exact) mass is 319 g/mol. The molecule has 0 amide bonds. The summed E-state index contributed by atoms with van der Waals surface area (Å²) in [5.41, 5.74) is 2.47. The molecule has 0 atom stereocenters. The summed E-state index contributed by atoms with van der Waals surface area (Å²) in [6.07, 6.45) is 2.53. The maximum absolute atomic E-state index is 5.72. The fourth-order valence-electron chi connectivity index (χ4n) is 3.00. The molecule has 1 fully saturated rings. The molecule has 0 unspecified atom stereocenters. The zero-order chi connectivity index (χ0) is 16.5. The molecule has 1 aliphatic rings. The molecule has 0 radical (unpaired) electrons. The van der Waals surface area contributed by atoms with Gasteiger partial charge in [-0.25, -0.2) is 0 Å². The van der Waals surface area contributed by atoms with Crippen LogP contribution in [0.2, 0.25) is 0 Å². The minimum absolute atomic E-state index is 0.400. The first-order valence-corrected chi connectivity index (χ1v) is 8.41. The summed E-state index contributed by atoms with van der Waals surface area (Å²) in [6, 6.07) is 8.35. The van der Waals surface area contributed by atoms with Gasteiger partial charge >= 0.3 is 0 Å². The van der Waals surface area contributed by atoms with Gasteiger partial charge in [-0.1, -0.05) is 24.3 Å². The second kappa shape index (κ2) is 9.53. The van der Waals surface area contributed by atoms with E-state index >= 15 is 0 Å². The van der Waals surface area contributed by atoms with Gasteiger partial charge in [0.15, 0.2) is 5.96 Å². The average molecular weight is 319 g/mol. The lowest BCUT2D eigenvalue weighted by Crippen LogP contribution is -2.46. The van der Waals surface area contributed by atoms with Crippen molar-refractivity contribution in [3.8, 4) is 0 Å². The average Bonchev–Trinajstić information content (AvgIpc) is 2.59. The Morgan fingerprint density at radius 3 is 2.57 bits per heavy atom. The summed E-state index contributed by atoms with van der Waals surface area (Å²) in [7, 11) is 3.57. The van der Waals surface area contributed by atoms with Crippen LogP contribution < -0.4 is 5.32 Å². The molecule has 1 aromatic rings. The van der Waals surface area contributed by atoms with Crippen molar-refractivity contribution in [1.82, 2.24) is 10.2 Å². The minimum Gasteiger partial charge on any atom is -0.380 e. The minimum atomic E-state index is 0.400. The van der Waals surface area contributed by atoms with E-state index in [2.05, 4.69) is 40.3 Å². The number of ether oxygens (including phenoxy) is 2. The standard InChI is InChI=1S/C18H29N3O2/c1-4-23-17-9-11-21(12-10-17)18(19-2)20-13-15-7-5-6-8-16(15)14-22-3/h5-8,17H,4,9-14H2,1-3H3,(H,19,20). The third-order valence-corrected chi connectivity index (χ3v) is 4.21. The smallest absolute Gasteiger partial charge is 0.193 e. The molecule has 128 valence electrons. The highest BCUT2D eigenvalue weighted by molar-refractivity contribution is 5.80. The van der Waals surface area contributed by atoms with Crippen molar-refractivity contribution >= 4 is 5.96 Å². The molecule has 1 N–H and O–H groups in total. The van der Waals surface area contributed by atoms with Crippen LogP contribution in [0.15, 0.2) is 29.3 Å². The zero-order valence-corrected chi connectivity index (χ0v) is 14.5. The quantitative estimate of drug-likeness (QED) is 0.646. The fourth-order valence-corrected chi connectivity index (χ4v) is 3.00. The Morgan fingerprint density at radius 2 is 1.96 bits per heavy atom. The maximum Gasteiger partial charge on any atom is 0.193 e. The number of piperidine rings is 1. The summed E-state index contributed by atoms with van der Waals surface area (Å²) in [6.45, 7) is 6.24. The van der Waals surface area contributed by atoms with E-state index in [0.29, 0.717) is 12.7 Å². The maximum atomic E-state index is 5.72. The Kier molecular flexibility index (Phi) is 7.36. The Bertz CT molecular complexity index is 497. The summed E-state index contributed by atoms with van der Waals surface area (Å²) >= 11 is 0. The number of methoxy groups -OCH3 is 1. The number of hydrogen-bond acceptors (Lipinski definition) is 3. The number of rotatable bonds is 6. The first-order chi connectivity index (χ1) is 11.3. The van der Waals surface area contributed by atoms with Gasteiger partial charge in [0.2, 0.25) is 0 Å². The number of guanidine groups is 1. The van der Waals surface area contributed by atoms with Crippen LogP contribution in [0.1, 0.15) is 30.9 Å². The first-order valence-electron chi connectivity index (χ1n) is 8.41. The highest BCUT2D eigenvalue weighted by Crippen LogP contribution is 2.14. The summed E-state index contributed by atoms with van der Waals surface area (Å²) < 4.78 is 11.0. The van der Waals surface area contributed by atoms with Crippen molar-refractivity contribution in [3.05, 3.63) is 35.4 Å². The molecule has 1 aliphatic heterocycles. The van der Waals surface area contributed by atoms with E-state index in [1.807, 2.05) is 13.1 Å². The fraction of sp³-hybridized carbons (Fsp3) is 0.611. The van der Waals surface area contributed by atoms with Crippen molar-refractivity contribution in [1.29, 1.82) is 0 Å². The molecule has 1 aromatic carbocycles. The molecule has 23 heavy (non-hydrogen) atoms. The first kappa shape index (κ1) is 17.8. The highest BCUT2D eigenvalue weighted by Gasteiger charge is 2.21. The van der Waals surface area contributed by atoms with Gasteiger partial charge < -0.3 is 19.7 Å². The van der Waals surface area contributed by atoms with Crippen LogP contribution in [-0.2, 0) is 22.6 Å². The van der Waals surface area contributed by atoms with E-state index in [0.717, 1.165) is 45.0 Å². The van der Waals surface area contributed by atoms with Crippen LogP contribution in [0.3, 0.4) is 0 Å². The van der Waals surface area contributed by atoms with Crippen molar-refractivity contribution in [3.63, 3.8) is 0 Å². The molecule has 1 saturated heterocycles. The number of likely N-dealkylation sites (tertiary alicyclic amines) is 1. The molecule has 0 saturated carbocycles. The van der Waals surface area contributed by atoms with Crippen LogP contribution in [0.25, 0.3) is 0 Å². The summed E-state index contributed by atoms with van der Waals surface area (Å²) in [5, 5.41) is 3.48. The van der Waals surface area contributed by atoms with Gasteiger partial charge in [-0.15, -0.1) is 0 Å². The van der Waals surface area contributed by atoms with E-state index in [1.165, 1.54) is 11.1 Å². The second-order valence-corrected chi connectivity index (χ2v) is 5.74. The lowest BCUT2D eigenvalue weighted by atomic mass is 10.1. The van der Waals surface area contributed by atoms with E-state index < -0.39 is 0 Å². The van der Waals surface area contributed by atoms with Crippen molar-refractivity contribution < 1.29 is 9.47 Å². The van der Waals surface area contributed by atoms with Crippen LogP contribution in [0.5, 0.6) is 0 Å². The highest BCUT2D eigenvalue weighted by atomic mass is 16.5. The normalized spacial score (nSPS) is 16.7. The Morgan fingerprint density at radius 1 is 1.26 bits per heavy atom. The van der Waals surface area contributed by atoms with Gasteiger partial charge in [-0.05, 0) is 30.9 Å². The van der Waals surface area contributed by atoms with Crippen LogP contribution in [0, 0.1) is 0 Å². The predicted octanol–water partition coefficient (Wildman–Crippen LogP) is 2.41. The van der Waals surface area contributed by atoms with Gasteiger partial charge in [-0.3, -0.25) is 4.99 Å². The van der Waals surface area contributed by atoms with Gasteiger partial charge in [0.1, 0.15) is 0 Å². The van der Waals surface area contributed by atoms with E-state index in [9.17, 15) is 0 Å². The van der Waals surface area contributed by atoms with E-state index in [1.54, 1.807) is 7.11 Å². The molecule has 0 aliphatic carbocycles. The molecule has 0 spiro atoms. The number of nitrogens with one attached hydrogen (secondary N) is 1. The molecule has 1 heterocycles. The third-order valence-electron chi connectivity index (χ3n) is 4.21. The number of benzene rings is 1. The van der Waals surface area contributed by atoms with Crippen molar-refractivity contribution in [2.24, 2.45) is 4.99 Å². The number of hydrogen-bond donors (Lipinski definition) is 1. The summed E-state index contributed by atoms with van der Waals surface area (Å²) in [5.74, 6) is 0.965. The molecule has 0 bridgehead atoms. The largest absolute Gasteiger partial charge is 0.380 e. The lowest BCUT2D eigenvalue weighted by Gasteiger charge is -2.34. The van der Waals surface area contributed by atoms with Crippen LogP contribution in [-0.4, -0.2) is 50.8 Å². The van der Waals surface area contributed by atoms with Gasteiger partial charge in [0, 0.05) is 40.4 Å². The van der Waals surface area contributed by atoms with Gasteiger partial charge in [0.05, 0.1) is 12.7 Å². The summed E-state index contributed by atoms with van der Waals surface area (Å²) in [4.78, 5) is 6.75. The van der Waals surface area contributed by atoms with Crippen molar-refractivity contribution in [2.75, 3.05) is 33.9 Å². The van der Waals surface area contributed by atoms with E-state index in [4.69, 9.17) is 9.47 Å². The second-order valence-electron chi connectivity index (χ2n) is 5.74. The Balaban J connectivity index is 1.89. The van der Waals surface area contributed by atoms with E-state index in [-0.39, 0.29) is 0 Å². The predicted molar refractivity (Wildman–Crippen MR) is 93.6 cm³/mol. The van der Waals surface area contributed by atoms with Gasteiger partial charge in [-0.2, -0.15) is 0 Å². The Hall–Kier alpha value is -1.59. The molecule has 2 rings (SSSR count). The Labute approximate surface area is 139 Å². The molecule has 0 aromatic heterocycles. The third kappa shape index (κ3) is 5.22. The molecule has 5 nitrogen and oxygen atoms in total. The SMILES string of the molecule is CCOC1CCN(C(=NC)NCc2ccccc2COC)CC1. The number of aliphatic imine (C=N–C) groups is 1. The zero-order valence-electron chi connectivity index (χ0n) is 14.5. The topological polar surface area (TPSA) is 46.1 Å². The number of nitrogens with zero attached hydrogens (tertiary/aromatic N) is 2. The molecular formula is C18H29N3O2. The molecule has 5 heteroatoms. The van der Waals surface area contributed by atoms with Crippen LogP contribution >= 0.6 is 0 Å². The van der Waals surface area contributed by atoms with Gasteiger partial charge in [0.25, 0.3) is 0 Å². The lowest BCUT2D eigenvalue weighted by molar-refractivity contribution is 0.0263. The molecular weight excluding hydrogens is 290 g/mol. The van der Waals surface area contributed by atoms with Crippen LogP contribution in [0.4, 0.5) is 0 Å². The van der Waals surface area contributed by atoms with Crippen molar-refractivity contribution in [2.45, 2.75) is 39.0 Å².